The van der Waals surface area contributed by atoms with Crippen LogP contribution in [0.5, 0.6) is 0 Å². The Hall–Kier alpha value is -4.68. The minimum Gasteiger partial charge on any atom is -0.0795 e. The van der Waals surface area contributed by atoms with Crippen molar-refractivity contribution < 1.29 is 0 Å². The largest absolute Gasteiger partial charge is 0.0795 e. The van der Waals surface area contributed by atoms with Gasteiger partial charge in [0, 0.05) is 23.7 Å². The lowest BCUT2D eigenvalue weighted by Gasteiger charge is -2.55. The topological polar surface area (TPSA) is 0 Å². The van der Waals surface area contributed by atoms with E-state index in [2.05, 4.69) is 97.2 Å². The van der Waals surface area contributed by atoms with Crippen molar-refractivity contribution in [2.45, 2.75) is 36.5 Å². The van der Waals surface area contributed by atoms with Crippen LogP contribution in [0.2, 0.25) is 0 Å². The molecular weight excluding hydrogens is 504 g/mol. The fraction of sp³-hybridized carbons (Fsp3) is 0.143. The minimum absolute atomic E-state index is 0.327. The molecule has 0 fully saturated rings. The van der Waals surface area contributed by atoms with E-state index in [1.807, 2.05) is 0 Å². The molecule has 0 bridgehead atoms. The van der Waals surface area contributed by atoms with Crippen LogP contribution in [0, 0.1) is 0 Å². The Morgan fingerprint density at radius 3 is 1.38 bits per heavy atom. The SMILES string of the molecule is C1=CC2=C3C=CCC4=C3c3c5c6c7c8c3C3C4=CC=CC3=C3C=CC=C(C4=CC=CC(=C9C=CCC(=C96)C(=C1)C25)C47)C38. The van der Waals surface area contributed by atoms with Gasteiger partial charge in [-0.15, -0.1) is 0 Å². The van der Waals surface area contributed by atoms with Gasteiger partial charge in [-0.1, -0.05) is 97.2 Å². The Kier molecular flexibility index (Phi) is 3.00. The summed E-state index contributed by atoms with van der Waals surface area (Å²) in [5.41, 5.74) is 31.4. The number of rotatable bonds is 0. The fourth-order valence-electron chi connectivity index (χ4n) is 11.2. The van der Waals surface area contributed by atoms with Crippen LogP contribution >= 0.6 is 0 Å². The first-order valence-electron chi connectivity index (χ1n) is 15.7. The fourth-order valence-corrected chi connectivity index (χ4v) is 11.2. The molecule has 0 spiro atoms. The first-order chi connectivity index (χ1) is 20.9. The highest BCUT2D eigenvalue weighted by Crippen LogP contribution is 2.72. The number of benzene rings is 1. The van der Waals surface area contributed by atoms with Gasteiger partial charge in [0.05, 0.1) is 0 Å². The summed E-state index contributed by atoms with van der Waals surface area (Å²) in [6, 6.07) is 0. The second kappa shape index (κ2) is 6.22. The van der Waals surface area contributed by atoms with Gasteiger partial charge < -0.3 is 0 Å². The maximum atomic E-state index is 2.47. The van der Waals surface area contributed by atoms with Crippen LogP contribution in [-0.2, 0) is 0 Å². The summed E-state index contributed by atoms with van der Waals surface area (Å²) in [5.74, 6) is 1.34. The van der Waals surface area contributed by atoms with Crippen molar-refractivity contribution in [2.24, 2.45) is 0 Å². The van der Waals surface area contributed by atoms with E-state index in [0.717, 1.165) is 12.8 Å². The normalized spacial score (nSPS) is 32.1. The highest BCUT2D eigenvalue weighted by molar-refractivity contribution is 6.07. The Bertz CT molecular complexity index is 2320. The average Bonchev–Trinajstić information content (AvgIpc) is 3.06. The van der Waals surface area contributed by atoms with Gasteiger partial charge in [-0.3, -0.25) is 0 Å². The first-order valence-corrected chi connectivity index (χ1v) is 15.7. The molecule has 4 unspecified atom stereocenters. The van der Waals surface area contributed by atoms with Crippen molar-refractivity contribution >= 4 is 11.1 Å². The summed E-state index contributed by atoms with van der Waals surface area (Å²) in [7, 11) is 0. The summed E-state index contributed by atoms with van der Waals surface area (Å²) in [6.07, 6.45) is 40.9. The molecule has 0 nitrogen and oxygen atoms in total. The van der Waals surface area contributed by atoms with E-state index < -0.39 is 0 Å². The van der Waals surface area contributed by atoms with E-state index >= 15 is 0 Å². The molecule has 0 saturated heterocycles. The van der Waals surface area contributed by atoms with Gasteiger partial charge in [0.25, 0.3) is 0 Å². The molecule has 0 saturated carbocycles. The van der Waals surface area contributed by atoms with Gasteiger partial charge in [0.1, 0.15) is 0 Å². The molecule has 13 rings (SSSR count). The maximum Gasteiger partial charge on any atom is 0.0361 e. The molecule has 42 heavy (non-hydrogen) atoms. The monoisotopic (exact) mass is 528 g/mol. The average molecular weight is 529 g/mol. The van der Waals surface area contributed by atoms with Gasteiger partial charge in [-0.25, -0.2) is 0 Å². The quantitative estimate of drug-likeness (QED) is 0.315. The smallest absolute Gasteiger partial charge is 0.0361 e. The lowest BCUT2D eigenvalue weighted by atomic mass is 9.47. The first kappa shape index (κ1) is 20.2. The third-order valence-electron chi connectivity index (χ3n) is 12.3. The van der Waals surface area contributed by atoms with Gasteiger partial charge in [0.2, 0.25) is 0 Å². The molecule has 1 aromatic rings. The minimum atomic E-state index is 0.327. The van der Waals surface area contributed by atoms with Crippen LogP contribution in [0.3, 0.4) is 0 Å². The summed E-state index contributed by atoms with van der Waals surface area (Å²) in [5, 5.41) is 0. The van der Waals surface area contributed by atoms with Gasteiger partial charge in [-0.2, -0.15) is 0 Å². The lowest BCUT2D eigenvalue weighted by molar-refractivity contribution is 0.706. The summed E-state index contributed by atoms with van der Waals surface area (Å²) in [6.45, 7) is 0. The molecule has 0 radical (unpaired) electrons. The second-order valence-electron chi connectivity index (χ2n) is 13.6. The van der Waals surface area contributed by atoms with Gasteiger partial charge >= 0.3 is 0 Å². The van der Waals surface area contributed by atoms with Crippen LogP contribution < -0.4 is 0 Å². The highest BCUT2D eigenvalue weighted by atomic mass is 14.6. The standard InChI is InChI=1S/C42H24/c1-7-19-21-9-2-11-23-25-13-4-15-27-29-17-6-18-30-28-16-5-14-26-24-12-3-10-22-20(8-1)31(19)37-38(32(21)23)40(34(25)27)42(36(29)30)41(35(26)28)39(37)33(22)24/h1-13,16-18,31-33,36H,14-15H2. The number of allylic oxidation sites excluding steroid dienone is 30. The number of hydrogen-bond donors (Lipinski definition) is 0. The third kappa shape index (κ3) is 1.82. The van der Waals surface area contributed by atoms with E-state index in [-0.39, 0.29) is 0 Å². The molecule has 0 aliphatic heterocycles. The maximum absolute atomic E-state index is 2.47. The van der Waals surface area contributed by atoms with E-state index in [1.165, 1.54) is 39.0 Å². The molecule has 0 amide bonds. The van der Waals surface area contributed by atoms with Crippen molar-refractivity contribution in [1.29, 1.82) is 0 Å². The summed E-state index contributed by atoms with van der Waals surface area (Å²) in [4.78, 5) is 0. The van der Waals surface area contributed by atoms with E-state index in [1.54, 1.807) is 72.4 Å². The number of hydrogen-bond acceptors (Lipinski definition) is 0. The molecule has 1 aromatic carbocycles. The van der Waals surface area contributed by atoms with Gasteiger partial charge in [0.15, 0.2) is 0 Å². The van der Waals surface area contributed by atoms with Crippen LogP contribution in [0.4, 0.5) is 0 Å². The van der Waals surface area contributed by atoms with E-state index in [9.17, 15) is 0 Å². The van der Waals surface area contributed by atoms with Crippen molar-refractivity contribution in [1.82, 2.24) is 0 Å². The predicted molar refractivity (Wildman–Crippen MR) is 169 cm³/mol. The van der Waals surface area contributed by atoms with Crippen molar-refractivity contribution in [3.8, 4) is 0 Å². The predicted octanol–water partition coefficient (Wildman–Crippen LogP) is 9.40. The van der Waals surface area contributed by atoms with Crippen LogP contribution in [0.1, 0.15) is 69.9 Å². The second-order valence-corrected chi connectivity index (χ2v) is 13.6. The zero-order valence-electron chi connectivity index (χ0n) is 23.0. The Balaban J connectivity index is 1.35. The molecule has 0 heteroatoms. The molecule has 12 aliphatic carbocycles. The Morgan fingerprint density at radius 2 is 0.833 bits per heavy atom. The van der Waals surface area contributed by atoms with Gasteiger partial charge in [-0.05, 0) is 124 Å². The molecular formula is C42H24. The Morgan fingerprint density at radius 1 is 0.405 bits per heavy atom. The molecule has 192 valence electrons. The molecule has 0 N–H and O–H groups in total. The third-order valence-corrected chi connectivity index (χ3v) is 12.3. The van der Waals surface area contributed by atoms with Crippen molar-refractivity contribution in [2.75, 3.05) is 0 Å². The van der Waals surface area contributed by atoms with Crippen molar-refractivity contribution in [3.05, 3.63) is 197 Å². The highest BCUT2D eigenvalue weighted by Gasteiger charge is 2.56. The lowest BCUT2D eigenvalue weighted by Crippen LogP contribution is -2.39. The molecule has 0 heterocycles. The molecule has 4 atom stereocenters. The zero-order valence-corrected chi connectivity index (χ0v) is 23.0. The summed E-state index contributed by atoms with van der Waals surface area (Å²) >= 11 is 0. The Labute approximate surface area is 244 Å². The van der Waals surface area contributed by atoms with Crippen LogP contribution in [0.15, 0.2) is 164 Å². The number of fused-ring (bicyclic) bond motifs is 3. The molecule has 0 aromatic heterocycles. The van der Waals surface area contributed by atoms with E-state index in [0.29, 0.717) is 23.7 Å². The molecule has 12 aliphatic rings. The zero-order chi connectivity index (χ0) is 26.6. The van der Waals surface area contributed by atoms with Crippen LogP contribution in [-0.4, -0.2) is 0 Å². The van der Waals surface area contributed by atoms with Crippen molar-refractivity contribution in [3.63, 3.8) is 0 Å². The van der Waals surface area contributed by atoms with Crippen LogP contribution in [0.25, 0.3) is 11.1 Å². The summed E-state index contributed by atoms with van der Waals surface area (Å²) < 4.78 is 0. The van der Waals surface area contributed by atoms with E-state index in [4.69, 9.17) is 0 Å².